The third-order valence-corrected chi connectivity index (χ3v) is 3.97. The van der Waals surface area contributed by atoms with Crippen molar-refractivity contribution >= 4 is 5.91 Å². The van der Waals surface area contributed by atoms with Gasteiger partial charge >= 0.3 is 0 Å². The summed E-state index contributed by atoms with van der Waals surface area (Å²) in [7, 11) is 0. The van der Waals surface area contributed by atoms with E-state index in [4.69, 9.17) is 4.74 Å². The summed E-state index contributed by atoms with van der Waals surface area (Å²) in [5.41, 5.74) is 0. The predicted octanol–water partition coefficient (Wildman–Crippen LogP) is 0.376. The van der Waals surface area contributed by atoms with Gasteiger partial charge in [0.1, 0.15) is 0 Å². The summed E-state index contributed by atoms with van der Waals surface area (Å²) in [6.45, 7) is 7.78. The lowest BCUT2D eigenvalue weighted by atomic mass is 10.1. The largest absolute Gasteiger partial charge is 0.372 e. The summed E-state index contributed by atoms with van der Waals surface area (Å²) in [5.74, 6) is 0.214. The molecule has 0 N–H and O–H groups in total. The molecule has 3 rings (SSSR count). The molecule has 1 aromatic rings. The molecule has 2 aliphatic heterocycles. The lowest BCUT2D eigenvalue weighted by Crippen LogP contribution is -2.55. The van der Waals surface area contributed by atoms with Crippen molar-refractivity contribution in [2.45, 2.75) is 32.1 Å². The molecular formula is C14H22N4O2. The Bertz CT molecular complexity index is 446. The first-order valence-corrected chi connectivity index (χ1v) is 7.26. The topological polar surface area (TPSA) is 50.6 Å². The molecule has 0 radical (unpaired) electrons. The van der Waals surface area contributed by atoms with Crippen LogP contribution in [0, 0.1) is 0 Å². The van der Waals surface area contributed by atoms with Crippen molar-refractivity contribution in [2.75, 3.05) is 32.7 Å². The van der Waals surface area contributed by atoms with Crippen molar-refractivity contribution in [3.63, 3.8) is 0 Å². The number of aromatic nitrogens is 2. The third kappa shape index (κ3) is 2.86. The maximum absolute atomic E-state index is 12.3. The highest BCUT2D eigenvalue weighted by Crippen LogP contribution is 2.20. The Balaban J connectivity index is 1.46. The van der Waals surface area contributed by atoms with E-state index in [1.54, 1.807) is 6.20 Å². The summed E-state index contributed by atoms with van der Waals surface area (Å²) in [6.07, 6.45) is 4.05. The molecule has 6 heteroatoms. The lowest BCUT2D eigenvalue weighted by Gasteiger charge is -2.41. The van der Waals surface area contributed by atoms with E-state index in [2.05, 4.69) is 10.00 Å². The summed E-state index contributed by atoms with van der Waals surface area (Å²) in [4.78, 5) is 16.4. The number of carbonyl (C=O) groups excluding carboxylic acids is 1. The lowest BCUT2D eigenvalue weighted by molar-refractivity contribution is -0.145. The van der Waals surface area contributed by atoms with Crippen LogP contribution >= 0.6 is 0 Å². The highest BCUT2D eigenvalue weighted by atomic mass is 16.5. The molecule has 0 spiro atoms. The Morgan fingerprint density at radius 1 is 1.25 bits per heavy atom. The van der Waals surface area contributed by atoms with Gasteiger partial charge in [-0.3, -0.25) is 14.4 Å². The fourth-order valence-corrected chi connectivity index (χ4v) is 3.01. The van der Waals surface area contributed by atoms with Crippen molar-refractivity contribution < 1.29 is 9.53 Å². The van der Waals surface area contributed by atoms with Crippen molar-refractivity contribution in [1.82, 2.24) is 19.6 Å². The minimum atomic E-state index is 0.135. The van der Waals surface area contributed by atoms with Gasteiger partial charge in [-0.25, -0.2) is 0 Å². The van der Waals surface area contributed by atoms with Gasteiger partial charge in [-0.1, -0.05) is 0 Å². The highest BCUT2D eigenvalue weighted by Gasteiger charge is 2.32. The van der Waals surface area contributed by atoms with Crippen LogP contribution in [0.1, 0.15) is 19.9 Å². The van der Waals surface area contributed by atoms with E-state index in [1.165, 1.54) is 0 Å². The zero-order chi connectivity index (χ0) is 14.1. The number of rotatable bonds is 3. The summed E-state index contributed by atoms with van der Waals surface area (Å²) < 4.78 is 7.63. The van der Waals surface area contributed by atoms with Gasteiger partial charge in [0.05, 0.1) is 24.8 Å². The van der Waals surface area contributed by atoms with Gasteiger partial charge in [0.2, 0.25) is 5.91 Å². The van der Waals surface area contributed by atoms with Crippen LogP contribution in [0.2, 0.25) is 0 Å². The van der Waals surface area contributed by atoms with E-state index < -0.39 is 0 Å². The fraction of sp³-hybridized carbons (Fsp3) is 0.714. The van der Waals surface area contributed by atoms with E-state index in [-0.39, 0.29) is 18.1 Å². The van der Waals surface area contributed by atoms with E-state index in [0.29, 0.717) is 25.7 Å². The molecule has 0 bridgehead atoms. The number of ether oxygens (including phenoxy) is 1. The Kier molecular flexibility index (Phi) is 3.76. The van der Waals surface area contributed by atoms with Crippen LogP contribution in [0.25, 0.3) is 0 Å². The number of amides is 1. The molecule has 2 atom stereocenters. The molecule has 0 aliphatic carbocycles. The second-order valence-corrected chi connectivity index (χ2v) is 5.89. The number of likely N-dealkylation sites (tertiary alicyclic amines) is 1. The molecular weight excluding hydrogens is 256 g/mol. The second-order valence-electron chi connectivity index (χ2n) is 5.89. The molecule has 0 aromatic carbocycles. The third-order valence-electron chi connectivity index (χ3n) is 3.97. The minimum Gasteiger partial charge on any atom is -0.372 e. The molecule has 6 nitrogen and oxygen atoms in total. The normalized spacial score (nSPS) is 28.4. The zero-order valence-electron chi connectivity index (χ0n) is 12.1. The van der Waals surface area contributed by atoms with E-state index in [0.717, 1.165) is 13.1 Å². The number of carbonyl (C=O) groups is 1. The minimum absolute atomic E-state index is 0.135. The van der Waals surface area contributed by atoms with Gasteiger partial charge in [-0.2, -0.15) is 5.10 Å². The van der Waals surface area contributed by atoms with Crippen LogP contribution < -0.4 is 0 Å². The van der Waals surface area contributed by atoms with Crippen LogP contribution in [0.3, 0.4) is 0 Å². The molecule has 1 aromatic heterocycles. The Morgan fingerprint density at radius 2 is 1.95 bits per heavy atom. The van der Waals surface area contributed by atoms with Crippen LogP contribution in [0.15, 0.2) is 18.5 Å². The molecule has 2 aliphatic rings. The maximum Gasteiger partial charge on any atom is 0.236 e. The monoisotopic (exact) mass is 278 g/mol. The van der Waals surface area contributed by atoms with Gasteiger partial charge < -0.3 is 9.64 Å². The maximum atomic E-state index is 12.3. The van der Waals surface area contributed by atoms with Crippen LogP contribution in [-0.4, -0.2) is 70.4 Å². The SMILES string of the molecule is CC1CN(C(=O)CN2CC(n3cccn3)C2)CC(C)O1. The van der Waals surface area contributed by atoms with Gasteiger partial charge in [0.15, 0.2) is 0 Å². The van der Waals surface area contributed by atoms with Crippen LogP contribution in [-0.2, 0) is 9.53 Å². The fourth-order valence-electron chi connectivity index (χ4n) is 3.01. The van der Waals surface area contributed by atoms with Crippen LogP contribution in [0.5, 0.6) is 0 Å². The standard InChI is InChI=1S/C14H22N4O2/c1-11-6-17(7-12(2)20-11)14(19)10-16-8-13(9-16)18-5-3-4-15-18/h3-5,11-13H,6-10H2,1-2H3. The Morgan fingerprint density at radius 3 is 2.55 bits per heavy atom. The molecule has 3 heterocycles. The van der Waals surface area contributed by atoms with Gasteiger partial charge in [0.25, 0.3) is 0 Å². The Hall–Kier alpha value is -1.40. The number of morpholine rings is 1. The second kappa shape index (κ2) is 5.54. The van der Waals surface area contributed by atoms with Gasteiger partial charge in [-0.05, 0) is 19.9 Å². The van der Waals surface area contributed by atoms with E-state index in [1.807, 2.05) is 35.7 Å². The first-order chi connectivity index (χ1) is 9.61. The van der Waals surface area contributed by atoms with Gasteiger partial charge in [0, 0.05) is 38.6 Å². The van der Waals surface area contributed by atoms with E-state index >= 15 is 0 Å². The van der Waals surface area contributed by atoms with Gasteiger partial charge in [-0.15, -0.1) is 0 Å². The number of nitrogens with zero attached hydrogens (tertiary/aromatic N) is 4. The average Bonchev–Trinajstić information content (AvgIpc) is 2.85. The van der Waals surface area contributed by atoms with Crippen molar-refractivity contribution in [3.05, 3.63) is 18.5 Å². The van der Waals surface area contributed by atoms with E-state index in [9.17, 15) is 4.79 Å². The molecule has 2 fully saturated rings. The first kappa shape index (κ1) is 13.6. The summed E-state index contributed by atoms with van der Waals surface area (Å²) in [6, 6.07) is 2.35. The molecule has 1 amide bonds. The predicted molar refractivity (Wildman–Crippen MR) is 74.3 cm³/mol. The number of hydrogen-bond donors (Lipinski definition) is 0. The molecule has 2 unspecified atom stereocenters. The zero-order valence-corrected chi connectivity index (χ0v) is 12.1. The quantitative estimate of drug-likeness (QED) is 0.802. The molecule has 0 saturated carbocycles. The highest BCUT2D eigenvalue weighted by molar-refractivity contribution is 5.78. The van der Waals surface area contributed by atoms with Crippen LogP contribution in [0.4, 0.5) is 0 Å². The molecule has 110 valence electrons. The number of hydrogen-bond acceptors (Lipinski definition) is 4. The Labute approximate surface area is 119 Å². The summed E-state index contributed by atoms with van der Waals surface area (Å²) in [5, 5.41) is 4.24. The van der Waals surface area contributed by atoms with Crippen molar-refractivity contribution in [3.8, 4) is 0 Å². The van der Waals surface area contributed by atoms with Crippen molar-refractivity contribution in [1.29, 1.82) is 0 Å². The van der Waals surface area contributed by atoms with Crippen molar-refractivity contribution in [2.24, 2.45) is 0 Å². The summed E-state index contributed by atoms with van der Waals surface area (Å²) >= 11 is 0. The molecule has 2 saturated heterocycles. The average molecular weight is 278 g/mol. The molecule has 20 heavy (non-hydrogen) atoms. The smallest absolute Gasteiger partial charge is 0.236 e. The first-order valence-electron chi connectivity index (χ1n) is 7.26.